The SMILES string of the molecule is CC.C\C=C/C=N/C(C)=C/CC. The third-order valence-corrected chi connectivity index (χ3v) is 1.06. The molecule has 12 heavy (non-hydrogen) atoms. The molecule has 70 valence electrons. The number of rotatable bonds is 3. The van der Waals surface area contributed by atoms with Gasteiger partial charge < -0.3 is 0 Å². The summed E-state index contributed by atoms with van der Waals surface area (Å²) in [6.07, 6.45) is 8.84. The average molecular weight is 167 g/mol. The first-order valence-corrected chi connectivity index (χ1v) is 4.63. The van der Waals surface area contributed by atoms with Crippen LogP contribution in [-0.2, 0) is 0 Å². The second-order valence-corrected chi connectivity index (χ2v) is 2.06. The van der Waals surface area contributed by atoms with Crippen LogP contribution in [-0.4, -0.2) is 6.21 Å². The summed E-state index contributed by atoms with van der Waals surface area (Å²) < 4.78 is 0. The van der Waals surface area contributed by atoms with Gasteiger partial charge in [0.2, 0.25) is 0 Å². The Bertz CT molecular complexity index is 152. The van der Waals surface area contributed by atoms with Gasteiger partial charge in [-0.15, -0.1) is 0 Å². The lowest BCUT2D eigenvalue weighted by molar-refractivity contribution is 1.16. The Hall–Kier alpha value is -0.850. The molecular formula is C11H21N. The van der Waals surface area contributed by atoms with E-state index in [0.29, 0.717) is 0 Å². The van der Waals surface area contributed by atoms with Crippen molar-refractivity contribution in [2.45, 2.75) is 41.0 Å². The fraction of sp³-hybridized carbons (Fsp3) is 0.545. The highest BCUT2D eigenvalue weighted by molar-refractivity contribution is 5.71. The molecule has 0 aliphatic rings. The zero-order valence-corrected chi connectivity index (χ0v) is 8.96. The van der Waals surface area contributed by atoms with Gasteiger partial charge in [0.15, 0.2) is 0 Å². The minimum absolute atomic E-state index is 1.05. The van der Waals surface area contributed by atoms with E-state index < -0.39 is 0 Å². The van der Waals surface area contributed by atoms with Gasteiger partial charge in [0.05, 0.1) is 0 Å². The maximum absolute atomic E-state index is 4.15. The second-order valence-electron chi connectivity index (χ2n) is 2.06. The Morgan fingerprint density at radius 2 is 1.92 bits per heavy atom. The quantitative estimate of drug-likeness (QED) is 0.564. The molecule has 0 aromatic heterocycles. The molecule has 0 aliphatic heterocycles. The van der Waals surface area contributed by atoms with Crippen LogP contribution < -0.4 is 0 Å². The van der Waals surface area contributed by atoms with Crippen LogP contribution in [0.1, 0.15) is 41.0 Å². The summed E-state index contributed by atoms with van der Waals surface area (Å²) in [7, 11) is 0. The molecular weight excluding hydrogens is 146 g/mol. The third kappa shape index (κ3) is 11.9. The zero-order chi connectivity index (χ0) is 9.82. The lowest BCUT2D eigenvalue weighted by atomic mass is 10.4. The molecule has 0 heterocycles. The van der Waals surface area contributed by atoms with Crippen molar-refractivity contribution in [1.29, 1.82) is 0 Å². The molecule has 0 aromatic rings. The fourth-order valence-corrected chi connectivity index (χ4v) is 0.595. The van der Waals surface area contributed by atoms with Crippen molar-refractivity contribution in [2.24, 2.45) is 4.99 Å². The molecule has 0 fully saturated rings. The molecule has 0 rings (SSSR count). The topological polar surface area (TPSA) is 12.4 Å². The highest BCUT2D eigenvalue weighted by Crippen LogP contribution is 1.94. The molecule has 0 amide bonds. The van der Waals surface area contributed by atoms with E-state index in [0.717, 1.165) is 12.1 Å². The molecule has 0 saturated heterocycles. The first-order chi connectivity index (χ1) is 5.81. The van der Waals surface area contributed by atoms with Crippen molar-refractivity contribution in [3.8, 4) is 0 Å². The summed E-state index contributed by atoms with van der Waals surface area (Å²) in [4.78, 5) is 4.15. The van der Waals surface area contributed by atoms with E-state index in [2.05, 4.69) is 18.0 Å². The Morgan fingerprint density at radius 3 is 2.33 bits per heavy atom. The predicted molar refractivity (Wildman–Crippen MR) is 58.7 cm³/mol. The lowest BCUT2D eigenvalue weighted by Crippen LogP contribution is -1.69. The monoisotopic (exact) mass is 167 g/mol. The van der Waals surface area contributed by atoms with Crippen LogP contribution in [0.5, 0.6) is 0 Å². The van der Waals surface area contributed by atoms with Gasteiger partial charge in [-0.25, -0.2) is 0 Å². The van der Waals surface area contributed by atoms with E-state index in [1.807, 2.05) is 46.1 Å². The normalized spacial score (nSPS) is 11.9. The molecule has 0 saturated carbocycles. The molecule has 1 nitrogen and oxygen atoms in total. The van der Waals surface area contributed by atoms with E-state index in [1.54, 1.807) is 0 Å². The van der Waals surface area contributed by atoms with Crippen LogP contribution in [0.4, 0.5) is 0 Å². The highest BCUT2D eigenvalue weighted by Gasteiger charge is 1.76. The van der Waals surface area contributed by atoms with Crippen LogP contribution >= 0.6 is 0 Å². The summed E-state index contributed by atoms with van der Waals surface area (Å²) in [5.74, 6) is 0. The molecule has 0 aliphatic carbocycles. The van der Waals surface area contributed by atoms with E-state index >= 15 is 0 Å². The first kappa shape index (κ1) is 13.7. The molecule has 1 heteroatoms. The molecule has 0 atom stereocenters. The van der Waals surface area contributed by atoms with E-state index in [9.17, 15) is 0 Å². The number of hydrogen-bond donors (Lipinski definition) is 0. The van der Waals surface area contributed by atoms with Crippen molar-refractivity contribution in [3.05, 3.63) is 23.9 Å². The summed E-state index contributed by atoms with van der Waals surface area (Å²) >= 11 is 0. The standard InChI is InChI=1S/C9H15N.C2H6/c1-4-6-8-10-9(3)7-5-2;1-2/h4,6-8H,5H2,1-3H3;1-2H3/b6-4-,9-7+,10-8+;. The zero-order valence-electron chi connectivity index (χ0n) is 8.96. The smallest absolute Gasteiger partial charge is 0.0332 e. The van der Waals surface area contributed by atoms with Crippen molar-refractivity contribution in [3.63, 3.8) is 0 Å². The number of hydrogen-bond acceptors (Lipinski definition) is 1. The predicted octanol–water partition coefficient (Wildman–Crippen LogP) is 3.97. The molecule has 0 spiro atoms. The Balaban J connectivity index is 0. The van der Waals surface area contributed by atoms with E-state index in [1.165, 1.54) is 0 Å². The van der Waals surface area contributed by atoms with Crippen LogP contribution in [0.25, 0.3) is 0 Å². The second kappa shape index (κ2) is 12.8. The van der Waals surface area contributed by atoms with Gasteiger partial charge in [-0.1, -0.05) is 32.9 Å². The van der Waals surface area contributed by atoms with Crippen LogP contribution in [0.3, 0.4) is 0 Å². The summed E-state index contributed by atoms with van der Waals surface area (Å²) in [5.41, 5.74) is 1.08. The highest BCUT2D eigenvalue weighted by atomic mass is 14.7. The van der Waals surface area contributed by atoms with Crippen molar-refractivity contribution in [1.82, 2.24) is 0 Å². The average Bonchev–Trinajstić information content (AvgIpc) is 2.09. The number of nitrogens with zero attached hydrogens (tertiary/aromatic N) is 1. The van der Waals surface area contributed by atoms with Gasteiger partial charge in [0.1, 0.15) is 0 Å². The van der Waals surface area contributed by atoms with Crippen molar-refractivity contribution < 1.29 is 0 Å². The number of allylic oxidation sites excluding steroid dienone is 4. The molecule has 0 radical (unpaired) electrons. The van der Waals surface area contributed by atoms with Crippen LogP contribution in [0.15, 0.2) is 28.9 Å². The molecule has 0 unspecified atom stereocenters. The van der Waals surface area contributed by atoms with Crippen molar-refractivity contribution in [2.75, 3.05) is 0 Å². The minimum Gasteiger partial charge on any atom is -0.262 e. The Kier molecular flexibility index (Phi) is 14.6. The van der Waals surface area contributed by atoms with Gasteiger partial charge in [-0.05, 0) is 26.3 Å². The third-order valence-electron chi connectivity index (χ3n) is 1.06. The maximum atomic E-state index is 4.15. The maximum Gasteiger partial charge on any atom is 0.0332 e. The van der Waals surface area contributed by atoms with Gasteiger partial charge in [0, 0.05) is 11.9 Å². The summed E-state index contributed by atoms with van der Waals surface area (Å²) in [6.45, 7) is 10.1. The Morgan fingerprint density at radius 1 is 1.33 bits per heavy atom. The Labute approximate surface area is 76.9 Å². The molecule has 0 bridgehead atoms. The van der Waals surface area contributed by atoms with Crippen LogP contribution in [0.2, 0.25) is 0 Å². The number of aliphatic imine (C=N–C) groups is 1. The minimum atomic E-state index is 1.05. The molecule has 0 N–H and O–H groups in total. The summed E-state index contributed by atoms with van der Waals surface area (Å²) in [5, 5.41) is 0. The first-order valence-electron chi connectivity index (χ1n) is 4.63. The largest absolute Gasteiger partial charge is 0.262 e. The summed E-state index contributed by atoms with van der Waals surface area (Å²) in [6, 6.07) is 0. The van der Waals surface area contributed by atoms with Gasteiger partial charge >= 0.3 is 0 Å². The van der Waals surface area contributed by atoms with Crippen LogP contribution in [0, 0.1) is 0 Å². The van der Waals surface area contributed by atoms with Crippen molar-refractivity contribution >= 4 is 6.21 Å². The van der Waals surface area contributed by atoms with E-state index in [4.69, 9.17) is 0 Å². The lowest BCUT2D eigenvalue weighted by Gasteiger charge is -1.86. The van der Waals surface area contributed by atoms with Gasteiger partial charge in [0.25, 0.3) is 0 Å². The van der Waals surface area contributed by atoms with E-state index in [-0.39, 0.29) is 0 Å². The van der Waals surface area contributed by atoms with Gasteiger partial charge in [-0.3, -0.25) is 4.99 Å². The molecule has 0 aromatic carbocycles. The fourth-order valence-electron chi connectivity index (χ4n) is 0.595. The van der Waals surface area contributed by atoms with Gasteiger partial charge in [-0.2, -0.15) is 0 Å².